The SMILES string of the molecule is CC(C)(C)c1ccc(/C=C/c2nc(C#N)c(N3CCN(C(=O)COc4ccc(Cl)cc4Cl)CC3)o2)cc1. The van der Waals surface area contributed by atoms with Crippen molar-refractivity contribution in [2.75, 3.05) is 37.7 Å². The van der Waals surface area contributed by atoms with Gasteiger partial charge in [0, 0.05) is 37.3 Å². The minimum absolute atomic E-state index is 0.0908. The van der Waals surface area contributed by atoms with Crippen LogP contribution >= 0.6 is 23.2 Å². The zero-order valence-electron chi connectivity index (χ0n) is 21.0. The summed E-state index contributed by atoms with van der Waals surface area (Å²) >= 11 is 12.0. The van der Waals surface area contributed by atoms with E-state index in [-0.39, 0.29) is 23.6 Å². The van der Waals surface area contributed by atoms with Crippen molar-refractivity contribution < 1.29 is 13.9 Å². The average molecular weight is 539 g/mol. The van der Waals surface area contributed by atoms with Crippen molar-refractivity contribution in [1.29, 1.82) is 5.26 Å². The highest BCUT2D eigenvalue weighted by molar-refractivity contribution is 6.35. The Morgan fingerprint density at radius 2 is 1.81 bits per heavy atom. The van der Waals surface area contributed by atoms with Gasteiger partial charge in [-0.1, -0.05) is 68.2 Å². The number of carbonyl (C=O) groups is 1. The minimum atomic E-state index is -0.148. The number of benzene rings is 2. The first-order valence-electron chi connectivity index (χ1n) is 11.9. The molecule has 1 saturated heterocycles. The summed E-state index contributed by atoms with van der Waals surface area (Å²) in [6, 6.07) is 15.3. The monoisotopic (exact) mass is 538 g/mol. The van der Waals surface area contributed by atoms with Gasteiger partial charge >= 0.3 is 0 Å². The standard InChI is InChI=1S/C28H28Cl2N4O3/c1-28(2,3)20-7-4-19(5-8-20)6-11-25-32-23(17-31)27(37-25)34-14-12-33(13-15-34)26(35)18-36-24-10-9-21(29)16-22(24)30/h4-11,16H,12-15,18H2,1-3H3/b11-6+. The Balaban J connectivity index is 1.34. The maximum atomic E-state index is 12.6. The van der Waals surface area contributed by atoms with E-state index in [1.165, 1.54) is 5.56 Å². The van der Waals surface area contributed by atoms with Crippen LogP contribution in [0, 0.1) is 11.3 Å². The van der Waals surface area contributed by atoms with Gasteiger partial charge in [0.15, 0.2) is 6.61 Å². The molecule has 1 aromatic heterocycles. The maximum absolute atomic E-state index is 12.6. The number of anilines is 1. The van der Waals surface area contributed by atoms with E-state index >= 15 is 0 Å². The first-order valence-corrected chi connectivity index (χ1v) is 12.7. The predicted octanol–water partition coefficient (Wildman–Crippen LogP) is 6.05. The van der Waals surface area contributed by atoms with Crippen molar-refractivity contribution in [2.45, 2.75) is 26.2 Å². The van der Waals surface area contributed by atoms with E-state index in [0.717, 1.165) is 5.56 Å². The molecule has 7 nitrogen and oxygen atoms in total. The number of hydrogen-bond acceptors (Lipinski definition) is 6. The summed E-state index contributed by atoms with van der Waals surface area (Å²) in [6.07, 6.45) is 3.67. The van der Waals surface area contributed by atoms with Gasteiger partial charge < -0.3 is 19.0 Å². The molecular weight excluding hydrogens is 511 g/mol. The molecule has 0 unspecified atom stereocenters. The molecule has 37 heavy (non-hydrogen) atoms. The van der Waals surface area contributed by atoms with Crippen molar-refractivity contribution in [2.24, 2.45) is 0 Å². The number of rotatable bonds is 6. The minimum Gasteiger partial charge on any atom is -0.482 e. The Kier molecular flexibility index (Phi) is 8.11. The smallest absolute Gasteiger partial charge is 0.260 e. The number of piperazine rings is 1. The Hall–Kier alpha value is -3.47. The summed E-state index contributed by atoms with van der Waals surface area (Å²) in [6.45, 7) is 8.35. The molecule has 192 valence electrons. The third-order valence-electron chi connectivity index (χ3n) is 6.09. The van der Waals surface area contributed by atoms with Gasteiger partial charge in [-0.15, -0.1) is 0 Å². The molecule has 0 radical (unpaired) electrons. The molecule has 3 aromatic rings. The predicted molar refractivity (Wildman–Crippen MR) is 146 cm³/mol. The number of oxazole rings is 1. The molecule has 9 heteroatoms. The Morgan fingerprint density at radius 3 is 2.43 bits per heavy atom. The third-order valence-corrected chi connectivity index (χ3v) is 6.62. The quantitative estimate of drug-likeness (QED) is 0.380. The average Bonchev–Trinajstić information content (AvgIpc) is 3.30. The molecule has 1 aliphatic heterocycles. The van der Waals surface area contributed by atoms with E-state index in [1.54, 1.807) is 29.2 Å². The second-order valence-electron chi connectivity index (χ2n) is 9.75. The Morgan fingerprint density at radius 1 is 1.11 bits per heavy atom. The number of amides is 1. The summed E-state index contributed by atoms with van der Waals surface area (Å²) in [5, 5.41) is 10.4. The van der Waals surface area contributed by atoms with Crippen LogP contribution in [0.5, 0.6) is 5.75 Å². The van der Waals surface area contributed by atoms with E-state index < -0.39 is 0 Å². The Bertz CT molecular complexity index is 1330. The van der Waals surface area contributed by atoms with Crippen LogP contribution in [0.25, 0.3) is 12.2 Å². The topological polar surface area (TPSA) is 82.6 Å². The molecule has 0 spiro atoms. The van der Waals surface area contributed by atoms with E-state index in [4.69, 9.17) is 32.4 Å². The van der Waals surface area contributed by atoms with Crippen LogP contribution in [0.2, 0.25) is 10.0 Å². The van der Waals surface area contributed by atoms with Gasteiger partial charge in [-0.25, -0.2) is 0 Å². The first-order chi connectivity index (χ1) is 17.6. The van der Waals surface area contributed by atoms with Gasteiger partial charge in [-0.3, -0.25) is 4.79 Å². The van der Waals surface area contributed by atoms with Crippen LogP contribution in [0.1, 0.15) is 43.5 Å². The summed E-state index contributed by atoms with van der Waals surface area (Å²) in [5.74, 6) is 1.04. The molecule has 0 saturated carbocycles. The number of aromatic nitrogens is 1. The molecule has 0 N–H and O–H groups in total. The normalized spacial score (nSPS) is 14.2. The van der Waals surface area contributed by atoms with E-state index in [9.17, 15) is 10.1 Å². The molecule has 0 bridgehead atoms. The molecule has 0 aliphatic carbocycles. The number of hydrogen-bond donors (Lipinski definition) is 0. The molecule has 2 aromatic carbocycles. The highest BCUT2D eigenvalue weighted by atomic mass is 35.5. The summed E-state index contributed by atoms with van der Waals surface area (Å²) in [4.78, 5) is 20.6. The molecule has 1 amide bonds. The van der Waals surface area contributed by atoms with Gasteiger partial charge in [0.05, 0.1) is 5.02 Å². The number of carbonyl (C=O) groups excluding carboxylic acids is 1. The number of nitriles is 1. The molecular formula is C28H28Cl2N4O3. The van der Waals surface area contributed by atoms with E-state index in [1.807, 2.05) is 23.1 Å². The molecule has 4 rings (SSSR count). The van der Waals surface area contributed by atoms with Gasteiger partial charge in [0.25, 0.3) is 5.91 Å². The molecule has 0 atom stereocenters. The summed E-state index contributed by atoms with van der Waals surface area (Å²) < 4.78 is 11.5. The van der Waals surface area contributed by atoms with Crippen LogP contribution in [-0.2, 0) is 10.2 Å². The van der Waals surface area contributed by atoms with Gasteiger partial charge in [-0.2, -0.15) is 10.2 Å². The number of ether oxygens (including phenoxy) is 1. The third kappa shape index (κ3) is 6.65. The number of nitrogens with zero attached hydrogens (tertiary/aromatic N) is 4. The lowest BCUT2D eigenvalue weighted by molar-refractivity contribution is -0.133. The van der Waals surface area contributed by atoms with Crippen molar-refractivity contribution in [3.05, 3.63) is 75.2 Å². The van der Waals surface area contributed by atoms with Crippen LogP contribution in [-0.4, -0.2) is 48.6 Å². The second-order valence-corrected chi connectivity index (χ2v) is 10.6. The second kappa shape index (κ2) is 11.3. The van der Waals surface area contributed by atoms with E-state index in [0.29, 0.717) is 53.7 Å². The van der Waals surface area contributed by atoms with Crippen LogP contribution in [0.4, 0.5) is 5.88 Å². The summed E-state index contributed by atoms with van der Waals surface area (Å²) in [5.41, 5.74) is 2.59. The molecule has 2 heterocycles. The zero-order valence-corrected chi connectivity index (χ0v) is 22.5. The van der Waals surface area contributed by atoms with Crippen LogP contribution in [0.3, 0.4) is 0 Å². The van der Waals surface area contributed by atoms with Crippen molar-refractivity contribution in [3.63, 3.8) is 0 Å². The fourth-order valence-electron chi connectivity index (χ4n) is 3.93. The van der Waals surface area contributed by atoms with Gasteiger partial charge in [0.2, 0.25) is 17.5 Å². The van der Waals surface area contributed by atoms with Crippen LogP contribution < -0.4 is 9.64 Å². The van der Waals surface area contributed by atoms with Gasteiger partial charge in [-0.05, 0) is 40.8 Å². The van der Waals surface area contributed by atoms with Crippen molar-refractivity contribution in [3.8, 4) is 11.8 Å². The fourth-order valence-corrected chi connectivity index (χ4v) is 4.39. The molecule has 1 fully saturated rings. The zero-order chi connectivity index (χ0) is 26.6. The van der Waals surface area contributed by atoms with Gasteiger partial charge in [0.1, 0.15) is 11.8 Å². The van der Waals surface area contributed by atoms with Crippen molar-refractivity contribution in [1.82, 2.24) is 9.88 Å². The maximum Gasteiger partial charge on any atom is 0.260 e. The Labute approximate surface area is 226 Å². The lowest BCUT2D eigenvalue weighted by Gasteiger charge is -2.34. The van der Waals surface area contributed by atoms with Crippen molar-refractivity contribution >= 4 is 47.1 Å². The highest BCUT2D eigenvalue weighted by Crippen LogP contribution is 2.28. The lowest BCUT2D eigenvalue weighted by atomic mass is 9.87. The summed E-state index contributed by atoms with van der Waals surface area (Å²) in [7, 11) is 0. The van der Waals surface area contributed by atoms with Crippen LogP contribution in [0.15, 0.2) is 46.9 Å². The lowest BCUT2D eigenvalue weighted by Crippen LogP contribution is -2.50. The largest absolute Gasteiger partial charge is 0.482 e. The van der Waals surface area contributed by atoms with E-state index in [2.05, 4.69) is 44.0 Å². The fraction of sp³-hybridized carbons (Fsp3) is 0.321. The highest BCUT2D eigenvalue weighted by Gasteiger charge is 2.26. The number of halogens is 2. The molecule has 1 aliphatic rings. The first kappa shape index (κ1) is 26.6.